The van der Waals surface area contributed by atoms with E-state index in [4.69, 9.17) is 21.8 Å². The van der Waals surface area contributed by atoms with Gasteiger partial charge in [0.15, 0.2) is 0 Å². The van der Waals surface area contributed by atoms with E-state index in [1.807, 2.05) is 0 Å². The van der Waals surface area contributed by atoms with E-state index in [1.54, 1.807) is 6.08 Å². The Morgan fingerprint density at radius 3 is 2.31 bits per heavy atom. The lowest BCUT2D eigenvalue weighted by Gasteiger charge is -2.22. The van der Waals surface area contributed by atoms with Gasteiger partial charge in [-0.15, -0.1) is 0 Å². The molecule has 72 valence electrons. The van der Waals surface area contributed by atoms with Crippen LogP contribution in [0, 0.1) is 11.8 Å². The van der Waals surface area contributed by atoms with Crippen LogP contribution in [0.3, 0.4) is 0 Å². The molecule has 0 saturated heterocycles. The predicted molar refractivity (Wildman–Crippen MR) is 45.4 cm³/mol. The summed E-state index contributed by atoms with van der Waals surface area (Å²) in [6.45, 7) is 0. The monoisotopic (exact) mass is 204 g/mol. The lowest BCUT2D eigenvalue weighted by Crippen LogP contribution is -2.31. The molecule has 0 radical (unpaired) electrons. The van der Waals surface area contributed by atoms with Gasteiger partial charge in [-0.3, -0.25) is 9.59 Å². The SMILES string of the molecule is O=C(O)[C@H]1CC=C(Cl)C[C@H]1C(=O)O. The maximum absolute atomic E-state index is 10.7. The van der Waals surface area contributed by atoms with Gasteiger partial charge in [0.05, 0.1) is 11.8 Å². The smallest absolute Gasteiger partial charge is 0.307 e. The highest BCUT2D eigenvalue weighted by Gasteiger charge is 2.35. The van der Waals surface area contributed by atoms with Crippen molar-refractivity contribution in [3.05, 3.63) is 11.1 Å². The van der Waals surface area contributed by atoms with Crippen molar-refractivity contribution in [2.45, 2.75) is 12.8 Å². The number of hydrogen-bond acceptors (Lipinski definition) is 2. The highest BCUT2D eigenvalue weighted by Crippen LogP contribution is 2.31. The van der Waals surface area contributed by atoms with Crippen LogP contribution >= 0.6 is 11.6 Å². The zero-order valence-corrected chi connectivity index (χ0v) is 7.49. The van der Waals surface area contributed by atoms with E-state index in [1.165, 1.54) is 0 Å². The molecule has 0 bridgehead atoms. The Hall–Kier alpha value is -1.03. The minimum absolute atomic E-state index is 0.119. The topological polar surface area (TPSA) is 74.6 Å². The van der Waals surface area contributed by atoms with E-state index in [0.29, 0.717) is 5.03 Å². The average Bonchev–Trinajstić information content (AvgIpc) is 2.03. The van der Waals surface area contributed by atoms with Crippen molar-refractivity contribution < 1.29 is 19.8 Å². The second-order valence-corrected chi connectivity index (χ2v) is 3.47. The number of allylic oxidation sites excluding steroid dienone is 2. The van der Waals surface area contributed by atoms with Gasteiger partial charge in [0.1, 0.15) is 0 Å². The fourth-order valence-corrected chi connectivity index (χ4v) is 1.64. The summed E-state index contributed by atoms with van der Waals surface area (Å²) in [5.74, 6) is -3.92. The second kappa shape index (κ2) is 3.79. The van der Waals surface area contributed by atoms with E-state index in [0.717, 1.165) is 0 Å². The van der Waals surface area contributed by atoms with Crippen molar-refractivity contribution in [3.8, 4) is 0 Å². The first-order chi connectivity index (χ1) is 6.02. The Bertz CT molecular complexity index is 271. The average molecular weight is 205 g/mol. The number of hydrogen-bond donors (Lipinski definition) is 2. The van der Waals surface area contributed by atoms with Crippen LogP contribution in [-0.4, -0.2) is 22.2 Å². The summed E-state index contributed by atoms with van der Waals surface area (Å²) in [6, 6.07) is 0. The number of carbonyl (C=O) groups is 2. The molecule has 0 heterocycles. The van der Waals surface area contributed by atoms with Crippen molar-refractivity contribution in [1.29, 1.82) is 0 Å². The minimum atomic E-state index is -1.10. The van der Waals surface area contributed by atoms with Gasteiger partial charge in [-0.2, -0.15) is 0 Å². The molecule has 0 aliphatic heterocycles. The summed E-state index contributed by atoms with van der Waals surface area (Å²) in [6.07, 6.45) is 1.89. The predicted octanol–water partition coefficient (Wildman–Crippen LogP) is 1.30. The van der Waals surface area contributed by atoms with Gasteiger partial charge in [0.2, 0.25) is 0 Å². The van der Waals surface area contributed by atoms with Gasteiger partial charge >= 0.3 is 11.9 Å². The molecule has 0 aromatic carbocycles. The normalized spacial score (nSPS) is 27.9. The molecular weight excluding hydrogens is 196 g/mol. The molecule has 0 fully saturated rings. The van der Waals surface area contributed by atoms with Gasteiger partial charge in [0, 0.05) is 5.03 Å². The number of carboxylic acid groups (broad SMARTS) is 2. The molecule has 4 nitrogen and oxygen atoms in total. The number of rotatable bonds is 2. The first-order valence-corrected chi connectivity index (χ1v) is 4.20. The fraction of sp³-hybridized carbons (Fsp3) is 0.500. The van der Waals surface area contributed by atoms with Crippen LogP contribution in [0.1, 0.15) is 12.8 Å². The third kappa shape index (κ3) is 2.21. The summed E-state index contributed by atoms with van der Waals surface area (Å²) in [4.78, 5) is 21.3. The van der Waals surface area contributed by atoms with E-state index in [-0.39, 0.29) is 12.8 Å². The summed E-state index contributed by atoms with van der Waals surface area (Å²) < 4.78 is 0. The van der Waals surface area contributed by atoms with E-state index in [9.17, 15) is 9.59 Å². The molecule has 0 aromatic rings. The van der Waals surface area contributed by atoms with E-state index >= 15 is 0 Å². The maximum Gasteiger partial charge on any atom is 0.307 e. The first kappa shape index (κ1) is 10.1. The molecule has 0 aromatic heterocycles. The highest BCUT2D eigenvalue weighted by molar-refractivity contribution is 6.29. The second-order valence-electron chi connectivity index (χ2n) is 2.98. The number of aliphatic carboxylic acids is 2. The van der Waals surface area contributed by atoms with Crippen LogP contribution < -0.4 is 0 Å². The summed E-state index contributed by atoms with van der Waals surface area (Å²) in [5.41, 5.74) is 0. The largest absolute Gasteiger partial charge is 0.481 e. The molecule has 1 aliphatic carbocycles. The molecule has 0 saturated carbocycles. The Labute approximate surface area is 79.8 Å². The minimum Gasteiger partial charge on any atom is -0.481 e. The first-order valence-electron chi connectivity index (χ1n) is 3.82. The van der Waals surface area contributed by atoms with E-state index in [2.05, 4.69) is 0 Å². The zero-order chi connectivity index (χ0) is 10.0. The molecule has 2 N–H and O–H groups in total. The molecule has 0 spiro atoms. The van der Waals surface area contributed by atoms with Crippen LogP contribution in [0.5, 0.6) is 0 Å². The third-order valence-corrected chi connectivity index (χ3v) is 2.44. The lowest BCUT2D eigenvalue weighted by molar-refractivity contribution is -0.153. The Balaban J connectivity index is 2.83. The van der Waals surface area contributed by atoms with Crippen molar-refractivity contribution in [3.63, 3.8) is 0 Å². The van der Waals surface area contributed by atoms with Crippen molar-refractivity contribution in [2.24, 2.45) is 11.8 Å². The highest BCUT2D eigenvalue weighted by atomic mass is 35.5. The molecular formula is C8H9ClO4. The molecule has 2 atom stereocenters. The number of halogens is 1. The summed E-state index contributed by atoms with van der Waals surface area (Å²) in [7, 11) is 0. The van der Waals surface area contributed by atoms with Crippen molar-refractivity contribution in [2.75, 3.05) is 0 Å². The van der Waals surface area contributed by atoms with Crippen LogP contribution in [0.15, 0.2) is 11.1 Å². The van der Waals surface area contributed by atoms with Crippen molar-refractivity contribution >= 4 is 23.5 Å². The molecule has 1 aliphatic rings. The fourth-order valence-electron chi connectivity index (χ4n) is 1.39. The Morgan fingerprint density at radius 2 is 1.85 bits per heavy atom. The standard InChI is InChI=1S/C8H9ClO4/c9-4-1-2-5(7(10)11)6(3-4)8(12)13/h1,5-6H,2-3H2,(H,10,11)(H,12,13)/t5-,6+/m0/s1. The van der Waals surface area contributed by atoms with E-state index < -0.39 is 23.8 Å². The van der Waals surface area contributed by atoms with Crippen LogP contribution in [0.2, 0.25) is 0 Å². The molecule has 0 unspecified atom stereocenters. The van der Waals surface area contributed by atoms with Gasteiger partial charge in [0.25, 0.3) is 0 Å². The maximum atomic E-state index is 10.7. The zero-order valence-electron chi connectivity index (χ0n) is 6.74. The Kier molecular flexibility index (Phi) is 2.93. The lowest BCUT2D eigenvalue weighted by atomic mass is 9.83. The van der Waals surface area contributed by atoms with Gasteiger partial charge < -0.3 is 10.2 Å². The third-order valence-electron chi connectivity index (χ3n) is 2.13. The van der Waals surface area contributed by atoms with Crippen LogP contribution in [0.25, 0.3) is 0 Å². The van der Waals surface area contributed by atoms with Crippen molar-refractivity contribution in [1.82, 2.24) is 0 Å². The van der Waals surface area contributed by atoms with Gasteiger partial charge in [-0.1, -0.05) is 17.7 Å². The van der Waals surface area contributed by atoms with Crippen LogP contribution in [-0.2, 0) is 9.59 Å². The summed E-state index contributed by atoms with van der Waals surface area (Å²) in [5, 5.41) is 17.9. The Morgan fingerprint density at radius 1 is 1.31 bits per heavy atom. The molecule has 13 heavy (non-hydrogen) atoms. The number of carboxylic acids is 2. The van der Waals surface area contributed by atoms with Gasteiger partial charge in [-0.25, -0.2) is 0 Å². The quantitative estimate of drug-likeness (QED) is 0.711. The molecule has 5 heteroatoms. The molecule has 0 amide bonds. The van der Waals surface area contributed by atoms with Gasteiger partial charge in [-0.05, 0) is 12.8 Å². The summed E-state index contributed by atoms with van der Waals surface area (Å²) >= 11 is 5.63. The molecule has 1 rings (SSSR count). The van der Waals surface area contributed by atoms with Crippen LogP contribution in [0.4, 0.5) is 0 Å².